The quantitative estimate of drug-likeness (QED) is 0.525. The first-order valence-corrected chi connectivity index (χ1v) is 9.27. The lowest BCUT2D eigenvalue weighted by Crippen LogP contribution is -2.35. The summed E-state index contributed by atoms with van der Waals surface area (Å²) >= 11 is 0. The van der Waals surface area contributed by atoms with Crippen LogP contribution in [0.25, 0.3) is 6.08 Å². The number of benzene rings is 2. The van der Waals surface area contributed by atoms with Gasteiger partial charge in [-0.05, 0) is 48.4 Å². The molecule has 3 rings (SSSR count). The van der Waals surface area contributed by atoms with Crippen LogP contribution in [-0.2, 0) is 20.9 Å². The highest BCUT2D eigenvalue weighted by molar-refractivity contribution is 5.90. The molecule has 1 amide bonds. The van der Waals surface area contributed by atoms with E-state index >= 15 is 0 Å². The molecule has 0 aliphatic carbocycles. The monoisotopic (exact) mass is 413 g/mol. The van der Waals surface area contributed by atoms with Crippen molar-refractivity contribution in [1.82, 2.24) is 5.32 Å². The number of esters is 1. The lowest BCUT2D eigenvalue weighted by atomic mass is 10.2. The Hall–Kier alpha value is -3.68. The zero-order chi connectivity index (χ0) is 21.5. The Labute approximate surface area is 174 Å². The van der Waals surface area contributed by atoms with Gasteiger partial charge in [-0.3, -0.25) is 4.79 Å². The largest absolute Gasteiger partial charge is 0.493 e. The van der Waals surface area contributed by atoms with Crippen molar-refractivity contribution in [3.63, 3.8) is 0 Å². The minimum Gasteiger partial charge on any atom is -0.493 e. The van der Waals surface area contributed by atoms with Crippen LogP contribution in [0.4, 0.5) is 0 Å². The molecule has 1 unspecified atom stereocenters. The molecule has 0 bridgehead atoms. The van der Waals surface area contributed by atoms with Crippen LogP contribution in [-0.4, -0.2) is 39.0 Å². The van der Waals surface area contributed by atoms with E-state index in [0.717, 1.165) is 11.1 Å². The van der Waals surface area contributed by atoms with E-state index in [2.05, 4.69) is 5.32 Å². The summed E-state index contributed by atoms with van der Waals surface area (Å²) < 4.78 is 26.1. The van der Waals surface area contributed by atoms with E-state index < -0.39 is 18.0 Å². The van der Waals surface area contributed by atoms with Gasteiger partial charge < -0.3 is 29.0 Å². The molecule has 0 saturated heterocycles. The summed E-state index contributed by atoms with van der Waals surface area (Å²) in [5.41, 5.74) is 1.57. The number of fused-ring (bicyclic) bond motifs is 1. The third-order valence-corrected chi connectivity index (χ3v) is 4.39. The van der Waals surface area contributed by atoms with Gasteiger partial charge in [-0.15, -0.1) is 0 Å². The normalized spacial score (nSPS) is 13.0. The first-order chi connectivity index (χ1) is 14.5. The molecule has 0 fully saturated rings. The van der Waals surface area contributed by atoms with Gasteiger partial charge in [0.05, 0.1) is 14.2 Å². The van der Waals surface area contributed by atoms with E-state index in [4.69, 9.17) is 23.7 Å². The molecular formula is C22H23NO7. The summed E-state index contributed by atoms with van der Waals surface area (Å²) in [4.78, 5) is 24.3. The lowest BCUT2D eigenvalue weighted by molar-refractivity contribution is -0.150. The van der Waals surface area contributed by atoms with Gasteiger partial charge >= 0.3 is 5.97 Å². The van der Waals surface area contributed by atoms with Crippen molar-refractivity contribution in [2.75, 3.05) is 21.0 Å². The molecule has 0 radical (unpaired) electrons. The molecule has 8 nitrogen and oxygen atoms in total. The fraction of sp³-hybridized carbons (Fsp3) is 0.273. The van der Waals surface area contributed by atoms with Crippen LogP contribution in [0.3, 0.4) is 0 Å². The second-order valence-corrected chi connectivity index (χ2v) is 6.43. The smallest absolute Gasteiger partial charge is 0.331 e. The van der Waals surface area contributed by atoms with E-state index in [1.54, 1.807) is 43.5 Å². The molecule has 1 heterocycles. The molecule has 0 spiro atoms. The van der Waals surface area contributed by atoms with Gasteiger partial charge in [0.15, 0.2) is 29.1 Å². The number of rotatable bonds is 8. The molecule has 8 heteroatoms. The fourth-order valence-corrected chi connectivity index (χ4v) is 2.77. The molecule has 158 valence electrons. The topological polar surface area (TPSA) is 92.3 Å². The third-order valence-electron chi connectivity index (χ3n) is 4.39. The van der Waals surface area contributed by atoms with Gasteiger partial charge in [-0.1, -0.05) is 12.1 Å². The second-order valence-electron chi connectivity index (χ2n) is 6.43. The van der Waals surface area contributed by atoms with Crippen molar-refractivity contribution in [3.05, 3.63) is 53.6 Å². The Bertz CT molecular complexity index is 954. The number of nitrogens with one attached hydrogen (secondary N) is 1. The van der Waals surface area contributed by atoms with Crippen LogP contribution in [0.5, 0.6) is 23.0 Å². The number of ether oxygens (including phenoxy) is 5. The summed E-state index contributed by atoms with van der Waals surface area (Å²) in [6.45, 7) is 1.98. The zero-order valence-electron chi connectivity index (χ0n) is 17.0. The predicted molar refractivity (Wildman–Crippen MR) is 109 cm³/mol. The lowest BCUT2D eigenvalue weighted by Gasteiger charge is -2.12. The Morgan fingerprint density at radius 3 is 2.60 bits per heavy atom. The summed E-state index contributed by atoms with van der Waals surface area (Å²) in [5, 5.41) is 2.73. The Balaban J connectivity index is 1.49. The molecule has 1 atom stereocenters. The van der Waals surface area contributed by atoms with Crippen LogP contribution in [0.1, 0.15) is 18.1 Å². The minimum absolute atomic E-state index is 0.189. The molecule has 1 aliphatic rings. The standard InChI is InChI=1S/C22H23NO7/c1-14(22(25)23-12-16-5-8-18-20(11-16)29-13-28-18)30-21(24)9-6-15-4-7-17(26-2)19(10-15)27-3/h4-11,14H,12-13H2,1-3H3,(H,23,25). The first-order valence-electron chi connectivity index (χ1n) is 9.27. The van der Waals surface area contributed by atoms with Crippen LogP contribution >= 0.6 is 0 Å². The van der Waals surface area contributed by atoms with Crippen molar-refractivity contribution in [3.8, 4) is 23.0 Å². The average Bonchev–Trinajstić information content (AvgIpc) is 3.23. The number of hydrogen-bond donors (Lipinski definition) is 1. The van der Waals surface area contributed by atoms with Crippen molar-refractivity contribution in [2.24, 2.45) is 0 Å². The number of carbonyl (C=O) groups excluding carboxylic acids is 2. The maximum Gasteiger partial charge on any atom is 0.331 e. The number of hydrogen-bond acceptors (Lipinski definition) is 7. The summed E-state index contributed by atoms with van der Waals surface area (Å²) in [7, 11) is 3.08. The molecule has 30 heavy (non-hydrogen) atoms. The zero-order valence-corrected chi connectivity index (χ0v) is 17.0. The molecular weight excluding hydrogens is 390 g/mol. The predicted octanol–water partition coefficient (Wildman–Crippen LogP) is 2.69. The summed E-state index contributed by atoms with van der Waals surface area (Å²) in [6.07, 6.45) is 1.88. The summed E-state index contributed by atoms with van der Waals surface area (Å²) in [5.74, 6) is 1.42. The van der Waals surface area contributed by atoms with Crippen molar-refractivity contribution in [2.45, 2.75) is 19.6 Å². The molecule has 2 aromatic rings. The highest BCUT2D eigenvalue weighted by Crippen LogP contribution is 2.32. The van der Waals surface area contributed by atoms with Gasteiger partial charge in [0.25, 0.3) is 5.91 Å². The van der Waals surface area contributed by atoms with Crippen LogP contribution in [0, 0.1) is 0 Å². The van der Waals surface area contributed by atoms with Gasteiger partial charge in [0.1, 0.15) is 0 Å². The number of carbonyl (C=O) groups is 2. The molecule has 1 N–H and O–H groups in total. The van der Waals surface area contributed by atoms with Crippen molar-refractivity contribution < 1.29 is 33.3 Å². The summed E-state index contributed by atoms with van der Waals surface area (Å²) in [6, 6.07) is 10.6. The van der Waals surface area contributed by atoms with Crippen LogP contribution in [0.2, 0.25) is 0 Å². The van der Waals surface area contributed by atoms with Crippen LogP contribution in [0.15, 0.2) is 42.5 Å². The van der Waals surface area contributed by atoms with E-state index in [1.807, 2.05) is 6.07 Å². The highest BCUT2D eigenvalue weighted by Gasteiger charge is 2.17. The maximum atomic E-state index is 12.2. The van der Waals surface area contributed by atoms with Gasteiger partial charge in [-0.25, -0.2) is 4.79 Å². The molecule has 2 aromatic carbocycles. The number of methoxy groups -OCH3 is 2. The minimum atomic E-state index is -0.943. The van der Waals surface area contributed by atoms with Crippen molar-refractivity contribution >= 4 is 18.0 Å². The van der Waals surface area contributed by atoms with Crippen LogP contribution < -0.4 is 24.3 Å². The Kier molecular flexibility index (Phi) is 6.79. The first kappa shape index (κ1) is 21.0. The SMILES string of the molecule is COc1ccc(C=CC(=O)OC(C)C(=O)NCc2ccc3c(c2)OCO3)cc1OC. The van der Waals surface area contributed by atoms with Crippen molar-refractivity contribution in [1.29, 1.82) is 0 Å². The average molecular weight is 413 g/mol. The fourth-order valence-electron chi connectivity index (χ4n) is 2.77. The molecule has 1 aliphatic heterocycles. The molecule has 0 aromatic heterocycles. The maximum absolute atomic E-state index is 12.2. The highest BCUT2D eigenvalue weighted by atomic mass is 16.7. The van der Waals surface area contributed by atoms with Gasteiger partial charge in [0.2, 0.25) is 6.79 Å². The second kappa shape index (κ2) is 9.69. The van der Waals surface area contributed by atoms with E-state index in [0.29, 0.717) is 23.0 Å². The van der Waals surface area contributed by atoms with E-state index in [1.165, 1.54) is 20.1 Å². The molecule has 0 saturated carbocycles. The van der Waals surface area contributed by atoms with E-state index in [-0.39, 0.29) is 13.3 Å². The Morgan fingerprint density at radius 1 is 1.07 bits per heavy atom. The number of amides is 1. The van der Waals surface area contributed by atoms with Gasteiger partial charge in [0, 0.05) is 12.6 Å². The third kappa shape index (κ3) is 5.22. The van der Waals surface area contributed by atoms with Gasteiger partial charge in [-0.2, -0.15) is 0 Å². The van der Waals surface area contributed by atoms with E-state index in [9.17, 15) is 9.59 Å². The Morgan fingerprint density at radius 2 is 1.83 bits per heavy atom.